The van der Waals surface area contributed by atoms with E-state index in [0.717, 1.165) is 0 Å². The highest BCUT2D eigenvalue weighted by Gasteiger charge is 2.45. The maximum atomic E-state index is 13.4. The van der Waals surface area contributed by atoms with Crippen molar-refractivity contribution in [3.63, 3.8) is 0 Å². The van der Waals surface area contributed by atoms with Gasteiger partial charge in [-0.05, 0) is 48.4 Å². The Balaban J connectivity index is 1.72. The van der Waals surface area contributed by atoms with Crippen molar-refractivity contribution in [1.82, 2.24) is 4.98 Å². The first-order valence-corrected chi connectivity index (χ1v) is 9.55. The third-order valence-corrected chi connectivity index (χ3v) is 5.54. The Hall–Kier alpha value is -2.67. The van der Waals surface area contributed by atoms with E-state index in [4.69, 9.17) is 4.74 Å². The first-order valence-electron chi connectivity index (χ1n) is 9.55. The second kappa shape index (κ2) is 7.63. The molecule has 152 valence electrons. The zero-order valence-corrected chi connectivity index (χ0v) is 15.6. The number of Topliss-reactive ketones (excluding diaryl/α,β-unsaturated/α-hetero) is 1. The Morgan fingerprint density at radius 1 is 1.17 bits per heavy atom. The van der Waals surface area contributed by atoms with Gasteiger partial charge >= 0.3 is 6.18 Å². The molecule has 1 aromatic carbocycles. The lowest BCUT2D eigenvalue weighted by atomic mass is 9.81. The minimum Gasteiger partial charge on any atom is -0.373 e. The SMILES string of the molecule is O=C1COCC/C1=C\c1ccc2cc(C3C=CCCC3C(F)(F)F)[nH]c(=O)c2c1. The van der Waals surface area contributed by atoms with E-state index < -0.39 is 23.6 Å². The third-order valence-electron chi connectivity index (χ3n) is 5.54. The van der Waals surface area contributed by atoms with Crippen LogP contribution in [0, 0.1) is 5.92 Å². The van der Waals surface area contributed by atoms with Gasteiger partial charge in [0.25, 0.3) is 5.56 Å². The number of aromatic amines is 1. The van der Waals surface area contributed by atoms with Gasteiger partial charge in [-0.1, -0.05) is 24.3 Å². The fourth-order valence-corrected chi connectivity index (χ4v) is 4.02. The summed E-state index contributed by atoms with van der Waals surface area (Å²) in [5.74, 6) is -2.49. The van der Waals surface area contributed by atoms with Crippen molar-refractivity contribution in [3.05, 3.63) is 63.6 Å². The van der Waals surface area contributed by atoms with Gasteiger partial charge in [0.15, 0.2) is 5.78 Å². The molecule has 2 heterocycles. The second-order valence-corrected chi connectivity index (χ2v) is 7.48. The monoisotopic (exact) mass is 403 g/mol. The van der Waals surface area contributed by atoms with Crippen LogP contribution in [0.4, 0.5) is 13.2 Å². The van der Waals surface area contributed by atoms with E-state index >= 15 is 0 Å². The molecule has 0 amide bonds. The molecule has 2 aliphatic rings. The van der Waals surface area contributed by atoms with Crippen LogP contribution in [0.3, 0.4) is 0 Å². The van der Waals surface area contributed by atoms with Gasteiger partial charge in [-0.2, -0.15) is 13.2 Å². The smallest absolute Gasteiger partial charge is 0.373 e. The number of pyridine rings is 1. The molecule has 4 rings (SSSR count). The Morgan fingerprint density at radius 3 is 2.76 bits per heavy atom. The largest absolute Gasteiger partial charge is 0.392 e. The Labute approximate surface area is 165 Å². The zero-order valence-electron chi connectivity index (χ0n) is 15.6. The highest BCUT2D eigenvalue weighted by atomic mass is 19.4. The van der Waals surface area contributed by atoms with Crippen molar-refractivity contribution in [1.29, 1.82) is 0 Å². The van der Waals surface area contributed by atoms with Gasteiger partial charge in [-0.3, -0.25) is 9.59 Å². The maximum Gasteiger partial charge on any atom is 0.392 e. The molecule has 1 fully saturated rings. The summed E-state index contributed by atoms with van der Waals surface area (Å²) in [5, 5.41) is 0.954. The van der Waals surface area contributed by atoms with E-state index in [1.807, 2.05) is 0 Å². The number of rotatable bonds is 2. The molecule has 1 saturated heterocycles. The number of benzene rings is 1. The van der Waals surface area contributed by atoms with E-state index in [1.54, 1.807) is 36.4 Å². The standard InChI is InChI=1S/C22H20F3NO3/c23-22(24,25)18-4-2-1-3-16(18)19-11-14-6-5-13(10-17(14)21(28)26-19)9-15-7-8-29-12-20(15)27/h1,3,5-6,9-11,16,18H,2,4,7-8,12H2,(H,26,28)/b15-9+. The summed E-state index contributed by atoms with van der Waals surface area (Å²) in [6.45, 7) is 0.531. The summed E-state index contributed by atoms with van der Waals surface area (Å²) in [5.41, 5.74) is 1.18. The predicted octanol–water partition coefficient (Wildman–Crippen LogP) is 4.51. The lowest BCUT2D eigenvalue weighted by Gasteiger charge is -2.29. The zero-order chi connectivity index (χ0) is 20.6. The van der Waals surface area contributed by atoms with Crippen molar-refractivity contribution in [2.24, 2.45) is 5.92 Å². The van der Waals surface area contributed by atoms with Crippen molar-refractivity contribution in [3.8, 4) is 0 Å². The van der Waals surface area contributed by atoms with Gasteiger partial charge < -0.3 is 9.72 Å². The Kier molecular flexibility index (Phi) is 5.17. The van der Waals surface area contributed by atoms with Gasteiger partial charge in [0, 0.05) is 22.6 Å². The lowest BCUT2D eigenvalue weighted by Crippen LogP contribution is -2.31. The average molecular weight is 403 g/mol. The molecule has 1 aliphatic heterocycles. The number of halogens is 3. The number of hydrogen-bond acceptors (Lipinski definition) is 3. The highest BCUT2D eigenvalue weighted by molar-refractivity contribution is 6.01. The van der Waals surface area contributed by atoms with Gasteiger partial charge in [0.2, 0.25) is 0 Å². The molecule has 1 aromatic heterocycles. The highest BCUT2D eigenvalue weighted by Crippen LogP contribution is 2.43. The number of ether oxygens (including phenoxy) is 1. The van der Waals surface area contributed by atoms with Crippen molar-refractivity contribution >= 4 is 22.6 Å². The average Bonchev–Trinajstić information content (AvgIpc) is 2.69. The summed E-state index contributed by atoms with van der Waals surface area (Å²) in [7, 11) is 0. The molecule has 29 heavy (non-hydrogen) atoms. The fraction of sp³-hybridized carbons (Fsp3) is 0.364. The van der Waals surface area contributed by atoms with Crippen LogP contribution in [0.2, 0.25) is 0 Å². The molecule has 7 heteroatoms. The van der Waals surface area contributed by atoms with Gasteiger partial charge in [0.05, 0.1) is 12.5 Å². The molecule has 2 aromatic rings. The van der Waals surface area contributed by atoms with E-state index in [2.05, 4.69) is 4.98 Å². The molecule has 0 spiro atoms. The minimum absolute atomic E-state index is 0.00892. The van der Waals surface area contributed by atoms with Crippen molar-refractivity contribution in [2.45, 2.75) is 31.4 Å². The Morgan fingerprint density at radius 2 is 2.00 bits per heavy atom. The van der Waals surface area contributed by atoms with Gasteiger partial charge in [-0.25, -0.2) is 0 Å². The number of H-pyrrole nitrogens is 1. The normalized spacial score (nSPS) is 24.4. The maximum absolute atomic E-state index is 13.4. The molecule has 0 bridgehead atoms. The quantitative estimate of drug-likeness (QED) is 0.593. The van der Waals surface area contributed by atoms with Crippen LogP contribution in [-0.4, -0.2) is 30.2 Å². The summed E-state index contributed by atoms with van der Waals surface area (Å²) >= 11 is 0. The molecule has 2 unspecified atom stereocenters. The molecule has 1 N–H and O–H groups in total. The molecule has 1 aliphatic carbocycles. The second-order valence-electron chi connectivity index (χ2n) is 7.48. The summed E-state index contributed by atoms with van der Waals surface area (Å²) in [4.78, 5) is 27.2. The number of ketones is 1. The minimum atomic E-state index is -4.33. The van der Waals surface area contributed by atoms with E-state index in [-0.39, 0.29) is 24.5 Å². The van der Waals surface area contributed by atoms with Crippen molar-refractivity contribution < 1.29 is 22.7 Å². The van der Waals surface area contributed by atoms with Crippen LogP contribution in [0.5, 0.6) is 0 Å². The van der Waals surface area contributed by atoms with Crippen LogP contribution < -0.4 is 5.56 Å². The molecular formula is C22H20F3NO3. The van der Waals surface area contributed by atoms with Gasteiger partial charge in [0.1, 0.15) is 6.61 Å². The van der Waals surface area contributed by atoms with E-state index in [9.17, 15) is 22.8 Å². The molecule has 0 radical (unpaired) electrons. The van der Waals surface area contributed by atoms with Crippen LogP contribution in [0.25, 0.3) is 16.8 Å². The summed E-state index contributed by atoms with van der Waals surface area (Å²) in [6.07, 6.45) is 1.58. The summed E-state index contributed by atoms with van der Waals surface area (Å²) in [6, 6.07) is 6.75. The number of fused-ring (bicyclic) bond motifs is 1. The summed E-state index contributed by atoms with van der Waals surface area (Å²) < 4.78 is 45.4. The van der Waals surface area contributed by atoms with Crippen LogP contribution >= 0.6 is 0 Å². The predicted molar refractivity (Wildman–Crippen MR) is 104 cm³/mol. The molecule has 0 saturated carbocycles. The fourth-order valence-electron chi connectivity index (χ4n) is 4.02. The number of carbonyl (C=O) groups is 1. The number of carbonyl (C=O) groups excluding carboxylic acids is 1. The number of hydrogen-bond donors (Lipinski definition) is 1. The topological polar surface area (TPSA) is 59.2 Å². The Bertz CT molecular complexity index is 1070. The van der Waals surface area contributed by atoms with Crippen LogP contribution in [0.1, 0.15) is 36.4 Å². The first kappa shape index (κ1) is 19.6. The number of alkyl halides is 3. The molecule has 4 nitrogen and oxygen atoms in total. The number of allylic oxidation sites excluding steroid dienone is 2. The van der Waals surface area contributed by atoms with Crippen LogP contribution in [0.15, 0.2) is 46.8 Å². The third kappa shape index (κ3) is 4.05. The molecular weight excluding hydrogens is 383 g/mol. The number of nitrogens with one attached hydrogen (secondary N) is 1. The van der Waals surface area contributed by atoms with Gasteiger partial charge in [-0.15, -0.1) is 0 Å². The van der Waals surface area contributed by atoms with E-state index in [1.165, 1.54) is 6.08 Å². The van der Waals surface area contributed by atoms with E-state index in [0.29, 0.717) is 41.4 Å². The number of aromatic nitrogens is 1. The lowest BCUT2D eigenvalue weighted by molar-refractivity contribution is -0.180. The van der Waals surface area contributed by atoms with Crippen molar-refractivity contribution in [2.75, 3.05) is 13.2 Å². The first-order chi connectivity index (χ1) is 13.8. The molecule has 2 atom stereocenters. The van der Waals surface area contributed by atoms with Crippen LogP contribution in [-0.2, 0) is 9.53 Å².